The maximum absolute atomic E-state index is 5.43. The van der Waals surface area contributed by atoms with E-state index in [4.69, 9.17) is 16.5 Å². The molecule has 344 valence electrons. The Morgan fingerprint density at radius 3 is 1.14 bits per heavy atom. The normalized spacial score (nSPS) is 11.3. The fourth-order valence-electron chi connectivity index (χ4n) is 10.4. The Kier molecular flexibility index (Phi) is 11.9. The van der Waals surface area contributed by atoms with E-state index in [0.717, 1.165) is 122 Å². The van der Waals surface area contributed by atoms with Gasteiger partial charge in [0, 0.05) is 49.7 Å². The third kappa shape index (κ3) is 8.39. The highest BCUT2D eigenvalue weighted by atomic mass is 15.0. The van der Waals surface area contributed by atoms with Crippen molar-refractivity contribution in [1.29, 1.82) is 0 Å². The van der Waals surface area contributed by atoms with E-state index in [-0.39, 0.29) is 0 Å². The van der Waals surface area contributed by atoms with Gasteiger partial charge in [0.1, 0.15) is 0 Å². The standard InChI is InChI=1S/C70H49N3/c1-3-4-26-48(2)57-41-43-59(50-29-14-6-15-30-50)68-65(57)66-58(49-27-12-5-13-28-49)42-44-60(51-31-16-7-17-32-51)69(66)73(68)67-61(52-33-18-8-19-34-52)45-56(46-62(67)53-35-20-9-21-36-53)70-71-63(54-37-22-10-23-38-54)47-64(72-70)55-39-24-11-25-40-55/h3-47H,1-2H2/b26-4-. The number of aromatic nitrogens is 3. The molecule has 0 saturated carbocycles. The smallest absolute Gasteiger partial charge is 0.160 e. The first-order valence-corrected chi connectivity index (χ1v) is 24.7. The lowest BCUT2D eigenvalue weighted by Crippen LogP contribution is -2.04. The largest absolute Gasteiger partial charge is 0.307 e. The molecule has 10 aromatic carbocycles. The monoisotopic (exact) mass is 931 g/mol. The summed E-state index contributed by atoms with van der Waals surface area (Å²) in [6, 6.07) is 90.7. The Morgan fingerprint density at radius 2 is 0.712 bits per heavy atom. The number of fused-ring (bicyclic) bond motifs is 3. The molecule has 0 radical (unpaired) electrons. The van der Waals surface area contributed by atoms with Crippen molar-refractivity contribution in [3.05, 3.63) is 292 Å². The summed E-state index contributed by atoms with van der Waals surface area (Å²) in [5.41, 5.74) is 20.6. The summed E-state index contributed by atoms with van der Waals surface area (Å²) < 4.78 is 2.58. The van der Waals surface area contributed by atoms with Crippen LogP contribution in [-0.2, 0) is 0 Å². The SMILES string of the molecule is C=C/C=C\C(=C)c1ccc(-c2ccccc2)c2c1c1c(-c3ccccc3)ccc(-c3ccccc3)c1n2-c1c(-c2ccccc2)cc(-c2nc(-c3ccccc3)cc(-c3ccccc3)n2)cc1-c1ccccc1. The van der Waals surface area contributed by atoms with Gasteiger partial charge < -0.3 is 4.57 Å². The average Bonchev–Trinajstić information content (AvgIpc) is 3.84. The second-order valence-corrected chi connectivity index (χ2v) is 18.2. The van der Waals surface area contributed by atoms with Crippen molar-refractivity contribution in [3.8, 4) is 95.2 Å². The molecule has 0 aliphatic rings. The minimum atomic E-state index is 0.636. The molecule has 12 rings (SSSR count). The summed E-state index contributed by atoms with van der Waals surface area (Å²) in [7, 11) is 0. The lowest BCUT2D eigenvalue weighted by atomic mass is 9.90. The summed E-state index contributed by atoms with van der Waals surface area (Å²) >= 11 is 0. The molecule has 0 aliphatic heterocycles. The van der Waals surface area contributed by atoms with Gasteiger partial charge in [-0.1, -0.05) is 268 Å². The Hall–Kier alpha value is -9.70. The Balaban J connectivity index is 1.32. The van der Waals surface area contributed by atoms with Gasteiger partial charge in [-0.25, -0.2) is 9.97 Å². The number of benzene rings is 10. The van der Waals surface area contributed by atoms with Gasteiger partial charge in [0.2, 0.25) is 0 Å². The summed E-state index contributed by atoms with van der Waals surface area (Å²) in [5, 5.41) is 2.25. The van der Waals surface area contributed by atoms with Crippen molar-refractivity contribution in [2.45, 2.75) is 0 Å². The van der Waals surface area contributed by atoms with E-state index in [1.807, 2.05) is 24.3 Å². The van der Waals surface area contributed by atoms with Crippen molar-refractivity contribution in [2.24, 2.45) is 0 Å². The van der Waals surface area contributed by atoms with Crippen LogP contribution in [0.25, 0.3) is 123 Å². The van der Waals surface area contributed by atoms with E-state index >= 15 is 0 Å². The van der Waals surface area contributed by atoms with Gasteiger partial charge in [-0.05, 0) is 62.7 Å². The van der Waals surface area contributed by atoms with E-state index in [9.17, 15) is 0 Å². The van der Waals surface area contributed by atoms with Gasteiger partial charge >= 0.3 is 0 Å². The molecule has 0 atom stereocenters. The van der Waals surface area contributed by atoms with Crippen molar-refractivity contribution in [1.82, 2.24) is 14.5 Å². The van der Waals surface area contributed by atoms with Crippen LogP contribution in [0.15, 0.2) is 286 Å². The van der Waals surface area contributed by atoms with Crippen LogP contribution in [-0.4, -0.2) is 14.5 Å². The van der Waals surface area contributed by atoms with Crippen LogP contribution < -0.4 is 0 Å². The number of hydrogen-bond donors (Lipinski definition) is 0. The third-order valence-corrected chi connectivity index (χ3v) is 13.7. The quantitative estimate of drug-likeness (QED) is 0.114. The zero-order valence-corrected chi connectivity index (χ0v) is 40.2. The fourth-order valence-corrected chi connectivity index (χ4v) is 10.4. The highest BCUT2D eigenvalue weighted by molar-refractivity contribution is 6.25. The summed E-state index contributed by atoms with van der Waals surface area (Å²) in [6.45, 7) is 8.80. The molecule has 0 fully saturated rings. The minimum Gasteiger partial charge on any atom is -0.307 e. The van der Waals surface area contributed by atoms with E-state index < -0.39 is 0 Å². The van der Waals surface area contributed by atoms with Crippen LogP contribution in [0.2, 0.25) is 0 Å². The first-order valence-electron chi connectivity index (χ1n) is 24.7. The van der Waals surface area contributed by atoms with Crippen LogP contribution in [0.1, 0.15) is 5.56 Å². The summed E-state index contributed by atoms with van der Waals surface area (Å²) in [5.74, 6) is 0.636. The van der Waals surface area contributed by atoms with Crippen LogP contribution in [0, 0.1) is 0 Å². The average molecular weight is 932 g/mol. The van der Waals surface area contributed by atoms with Crippen LogP contribution >= 0.6 is 0 Å². The van der Waals surface area contributed by atoms with Gasteiger partial charge in [0.05, 0.1) is 28.1 Å². The topological polar surface area (TPSA) is 30.7 Å². The molecule has 0 spiro atoms. The highest BCUT2D eigenvalue weighted by Gasteiger charge is 2.29. The lowest BCUT2D eigenvalue weighted by molar-refractivity contribution is 1.17. The summed E-state index contributed by atoms with van der Waals surface area (Å²) in [4.78, 5) is 10.9. The Morgan fingerprint density at radius 1 is 0.356 bits per heavy atom. The fraction of sp³-hybridized carbons (Fsp3) is 0. The first kappa shape index (κ1) is 44.5. The molecule has 73 heavy (non-hydrogen) atoms. The molecule has 2 aromatic heterocycles. The van der Waals surface area contributed by atoms with Crippen LogP contribution in [0.4, 0.5) is 0 Å². The molecule has 0 N–H and O–H groups in total. The molecule has 3 nitrogen and oxygen atoms in total. The molecule has 0 bridgehead atoms. The molecule has 0 unspecified atom stereocenters. The predicted molar refractivity (Wildman–Crippen MR) is 308 cm³/mol. The Bertz CT molecular complexity index is 3870. The van der Waals surface area contributed by atoms with Gasteiger partial charge in [0.15, 0.2) is 5.82 Å². The third-order valence-electron chi connectivity index (χ3n) is 13.7. The molecule has 3 heteroatoms. The number of allylic oxidation sites excluding steroid dienone is 4. The minimum absolute atomic E-state index is 0.636. The van der Waals surface area contributed by atoms with E-state index in [0.29, 0.717) is 5.82 Å². The number of hydrogen-bond acceptors (Lipinski definition) is 2. The van der Waals surface area contributed by atoms with Crippen molar-refractivity contribution in [2.75, 3.05) is 0 Å². The number of nitrogens with zero attached hydrogens (tertiary/aromatic N) is 3. The van der Waals surface area contributed by atoms with E-state index in [1.165, 1.54) is 0 Å². The molecule has 2 heterocycles. The second-order valence-electron chi connectivity index (χ2n) is 18.2. The maximum atomic E-state index is 5.43. The van der Waals surface area contributed by atoms with E-state index in [1.54, 1.807) is 0 Å². The summed E-state index contributed by atoms with van der Waals surface area (Å²) in [6.07, 6.45) is 5.86. The second kappa shape index (κ2) is 19.6. The molecular weight excluding hydrogens is 883 g/mol. The van der Waals surface area contributed by atoms with Crippen LogP contribution in [0.5, 0.6) is 0 Å². The van der Waals surface area contributed by atoms with Gasteiger partial charge in [0.25, 0.3) is 0 Å². The van der Waals surface area contributed by atoms with Crippen molar-refractivity contribution < 1.29 is 0 Å². The van der Waals surface area contributed by atoms with Crippen molar-refractivity contribution in [3.63, 3.8) is 0 Å². The maximum Gasteiger partial charge on any atom is 0.160 e. The molecule has 12 aromatic rings. The van der Waals surface area contributed by atoms with E-state index in [2.05, 4.69) is 260 Å². The first-order chi connectivity index (χ1) is 36.1. The van der Waals surface area contributed by atoms with Gasteiger partial charge in [-0.3, -0.25) is 0 Å². The highest BCUT2D eigenvalue weighted by Crippen LogP contribution is 2.51. The number of rotatable bonds is 12. The molecular formula is C70H49N3. The van der Waals surface area contributed by atoms with Crippen LogP contribution in [0.3, 0.4) is 0 Å². The zero-order valence-electron chi connectivity index (χ0n) is 40.2. The predicted octanol–water partition coefficient (Wildman–Crippen LogP) is 18.7. The molecule has 0 saturated heterocycles. The molecule has 0 aliphatic carbocycles. The lowest BCUT2D eigenvalue weighted by Gasteiger charge is -2.23. The van der Waals surface area contributed by atoms with Crippen molar-refractivity contribution >= 4 is 27.4 Å². The Labute approximate surface area is 426 Å². The van der Waals surface area contributed by atoms with Gasteiger partial charge in [-0.2, -0.15) is 0 Å². The van der Waals surface area contributed by atoms with Gasteiger partial charge in [-0.15, -0.1) is 0 Å². The zero-order chi connectivity index (χ0) is 49.1. The molecule has 0 amide bonds.